The van der Waals surface area contributed by atoms with E-state index in [9.17, 15) is 18.0 Å². The van der Waals surface area contributed by atoms with Gasteiger partial charge in [0.25, 0.3) is 5.91 Å². The van der Waals surface area contributed by atoms with E-state index in [1.165, 1.54) is 17.0 Å². The van der Waals surface area contributed by atoms with Crippen molar-refractivity contribution in [1.82, 2.24) is 4.90 Å². The number of nitrogens with zero attached hydrogens (tertiary/aromatic N) is 1. The van der Waals surface area contributed by atoms with Crippen molar-refractivity contribution in [2.24, 2.45) is 0 Å². The van der Waals surface area contributed by atoms with Gasteiger partial charge in [-0.2, -0.15) is 13.2 Å². The smallest absolute Gasteiger partial charge is 0.337 e. The number of carbonyl (C=O) groups excluding carboxylic acids is 1. The Morgan fingerprint density at radius 2 is 1.57 bits per heavy atom. The summed E-state index contributed by atoms with van der Waals surface area (Å²) in [5.74, 6) is -0.312. The summed E-state index contributed by atoms with van der Waals surface area (Å²) >= 11 is 0. The Labute approximate surface area is 120 Å². The zero-order chi connectivity index (χ0) is 15.5. The van der Waals surface area contributed by atoms with Crippen LogP contribution < -0.4 is 0 Å². The van der Waals surface area contributed by atoms with Crippen LogP contribution in [0.15, 0.2) is 54.6 Å². The Morgan fingerprint density at radius 3 is 2.10 bits per heavy atom. The van der Waals surface area contributed by atoms with Crippen molar-refractivity contribution in [3.63, 3.8) is 0 Å². The molecule has 0 spiro atoms. The summed E-state index contributed by atoms with van der Waals surface area (Å²) in [6.45, 7) is 0.403. The summed E-state index contributed by atoms with van der Waals surface area (Å²) < 4.78 is 37.4. The molecule has 5 heteroatoms. The molecule has 0 bridgehead atoms. The van der Waals surface area contributed by atoms with Gasteiger partial charge in [0.1, 0.15) is 0 Å². The molecule has 0 fully saturated rings. The van der Waals surface area contributed by atoms with Gasteiger partial charge in [-0.1, -0.05) is 30.3 Å². The first-order valence-corrected chi connectivity index (χ1v) is 6.34. The topological polar surface area (TPSA) is 20.3 Å². The molecule has 2 nitrogen and oxygen atoms in total. The van der Waals surface area contributed by atoms with Crippen LogP contribution in [0.4, 0.5) is 13.2 Å². The highest BCUT2D eigenvalue weighted by Gasteiger charge is 2.30. The molecule has 0 saturated heterocycles. The Morgan fingerprint density at radius 1 is 1.00 bits per heavy atom. The molecular formula is C16H14F3NO. The molecule has 0 aliphatic heterocycles. The molecule has 0 radical (unpaired) electrons. The third-order valence-electron chi connectivity index (χ3n) is 3.07. The molecule has 2 rings (SSSR count). The van der Waals surface area contributed by atoms with E-state index in [0.29, 0.717) is 6.54 Å². The lowest BCUT2D eigenvalue weighted by Gasteiger charge is -2.17. The van der Waals surface area contributed by atoms with Crippen molar-refractivity contribution in [3.8, 4) is 0 Å². The van der Waals surface area contributed by atoms with Gasteiger partial charge in [0, 0.05) is 19.2 Å². The minimum atomic E-state index is -4.39. The van der Waals surface area contributed by atoms with Gasteiger partial charge in [-0.25, -0.2) is 0 Å². The van der Waals surface area contributed by atoms with Crippen LogP contribution in [0.3, 0.4) is 0 Å². The van der Waals surface area contributed by atoms with E-state index in [1.807, 2.05) is 30.3 Å². The number of rotatable bonds is 3. The fraction of sp³-hybridized carbons (Fsp3) is 0.188. The summed E-state index contributed by atoms with van der Waals surface area (Å²) in [6.07, 6.45) is -4.39. The largest absolute Gasteiger partial charge is 0.416 e. The Bertz CT molecular complexity index is 606. The van der Waals surface area contributed by atoms with Gasteiger partial charge in [0.05, 0.1) is 5.56 Å². The molecule has 21 heavy (non-hydrogen) atoms. The van der Waals surface area contributed by atoms with Crippen LogP contribution in [-0.2, 0) is 12.7 Å². The molecule has 0 aromatic heterocycles. The quantitative estimate of drug-likeness (QED) is 0.838. The second-order valence-electron chi connectivity index (χ2n) is 4.72. The fourth-order valence-electron chi connectivity index (χ4n) is 1.95. The van der Waals surface area contributed by atoms with Crippen LogP contribution in [0, 0.1) is 0 Å². The van der Waals surface area contributed by atoms with Crippen molar-refractivity contribution in [2.45, 2.75) is 12.7 Å². The van der Waals surface area contributed by atoms with Gasteiger partial charge < -0.3 is 4.90 Å². The number of amides is 1. The zero-order valence-electron chi connectivity index (χ0n) is 11.4. The maximum atomic E-state index is 12.5. The van der Waals surface area contributed by atoms with E-state index in [0.717, 1.165) is 17.7 Å². The molecule has 1 amide bonds. The molecular weight excluding hydrogens is 279 g/mol. The highest BCUT2D eigenvalue weighted by atomic mass is 19.4. The molecule has 0 aliphatic rings. The van der Waals surface area contributed by atoms with Gasteiger partial charge in [0.2, 0.25) is 0 Å². The lowest BCUT2D eigenvalue weighted by molar-refractivity contribution is -0.137. The number of alkyl halides is 3. The number of hydrogen-bond acceptors (Lipinski definition) is 1. The predicted molar refractivity (Wildman–Crippen MR) is 73.7 cm³/mol. The van der Waals surface area contributed by atoms with Crippen LogP contribution in [0.5, 0.6) is 0 Å². The summed E-state index contributed by atoms with van der Waals surface area (Å²) in [5.41, 5.74) is 0.437. The lowest BCUT2D eigenvalue weighted by atomic mass is 10.1. The highest BCUT2D eigenvalue weighted by molar-refractivity contribution is 5.94. The molecule has 0 heterocycles. The lowest BCUT2D eigenvalue weighted by Crippen LogP contribution is -2.26. The molecule has 0 atom stereocenters. The maximum Gasteiger partial charge on any atom is 0.416 e. The molecule has 0 aliphatic carbocycles. The maximum absolute atomic E-state index is 12.5. The summed E-state index contributed by atoms with van der Waals surface area (Å²) in [7, 11) is 1.62. The van der Waals surface area contributed by atoms with Gasteiger partial charge in [0.15, 0.2) is 0 Å². The monoisotopic (exact) mass is 293 g/mol. The number of carbonyl (C=O) groups is 1. The van der Waals surface area contributed by atoms with Gasteiger partial charge >= 0.3 is 6.18 Å². The normalized spacial score (nSPS) is 11.2. The number of halogens is 3. The van der Waals surface area contributed by atoms with Crippen LogP contribution in [0.2, 0.25) is 0 Å². The molecule has 110 valence electrons. The van der Waals surface area contributed by atoms with Crippen molar-refractivity contribution in [2.75, 3.05) is 7.05 Å². The molecule has 0 unspecified atom stereocenters. The van der Waals surface area contributed by atoms with Gasteiger partial charge in [-0.05, 0) is 29.8 Å². The van der Waals surface area contributed by atoms with E-state index < -0.39 is 11.7 Å². The van der Waals surface area contributed by atoms with Gasteiger partial charge in [-0.15, -0.1) is 0 Å². The Kier molecular flexibility index (Phi) is 4.31. The standard InChI is InChI=1S/C16H14F3NO/c1-20(11-12-5-3-2-4-6-12)15(21)13-7-9-14(10-8-13)16(17,18)19/h2-10H,11H2,1H3. The molecule has 2 aromatic rings. The van der Waals surface area contributed by atoms with Gasteiger partial charge in [-0.3, -0.25) is 4.79 Å². The zero-order valence-corrected chi connectivity index (χ0v) is 11.4. The second kappa shape index (κ2) is 5.99. The Hall–Kier alpha value is -2.30. The third-order valence-corrected chi connectivity index (χ3v) is 3.07. The average molecular weight is 293 g/mol. The first kappa shape index (κ1) is 15.1. The fourth-order valence-corrected chi connectivity index (χ4v) is 1.95. The van der Waals surface area contributed by atoms with Crippen LogP contribution in [0.1, 0.15) is 21.5 Å². The van der Waals surface area contributed by atoms with Crippen LogP contribution in [0.25, 0.3) is 0 Å². The van der Waals surface area contributed by atoms with Crippen LogP contribution in [-0.4, -0.2) is 17.9 Å². The van der Waals surface area contributed by atoms with Crippen molar-refractivity contribution in [3.05, 3.63) is 71.3 Å². The molecule has 0 saturated carbocycles. The van der Waals surface area contributed by atoms with Crippen molar-refractivity contribution in [1.29, 1.82) is 0 Å². The third kappa shape index (κ3) is 3.84. The van der Waals surface area contributed by atoms with E-state index in [4.69, 9.17) is 0 Å². The van der Waals surface area contributed by atoms with E-state index in [1.54, 1.807) is 7.05 Å². The predicted octanol–water partition coefficient (Wildman–Crippen LogP) is 3.98. The number of benzene rings is 2. The highest BCUT2D eigenvalue weighted by Crippen LogP contribution is 2.29. The van der Waals surface area contributed by atoms with Crippen LogP contribution >= 0.6 is 0 Å². The SMILES string of the molecule is CN(Cc1ccccc1)C(=O)c1ccc(C(F)(F)F)cc1. The van der Waals surface area contributed by atoms with Crippen molar-refractivity contribution < 1.29 is 18.0 Å². The summed E-state index contributed by atoms with van der Waals surface area (Å²) in [6, 6.07) is 13.6. The van der Waals surface area contributed by atoms with E-state index in [2.05, 4.69) is 0 Å². The first-order chi connectivity index (χ1) is 9.88. The summed E-state index contributed by atoms with van der Waals surface area (Å²) in [4.78, 5) is 13.6. The average Bonchev–Trinajstić information content (AvgIpc) is 2.46. The van der Waals surface area contributed by atoms with Crippen molar-refractivity contribution >= 4 is 5.91 Å². The molecule has 0 N–H and O–H groups in total. The second-order valence-corrected chi connectivity index (χ2v) is 4.72. The van der Waals surface area contributed by atoms with E-state index >= 15 is 0 Å². The summed E-state index contributed by atoms with van der Waals surface area (Å²) in [5, 5.41) is 0. The van der Waals surface area contributed by atoms with E-state index in [-0.39, 0.29) is 11.5 Å². The Balaban J connectivity index is 2.09. The minimum absolute atomic E-state index is 0.237. The minimum Gasteiger partial charge on any atom is -0.337 e. The molecule has 2 aromatic carbocycles. The number of hydrogen-bond donors (Lipinski definition) is 0. The first-order valence-electron chi connectivity index (χ1n) is 6.34.